The van der Waals surface area contributed by atoms with Gasteiger partial charge in [0.25, 0.3) is 0 Å². The molecule has 2 heteroatoms. The maximum absolute atomic E-state index is 10.2. The van der Waals surface area contributed by atoms with Crippen LogP contribution in [0.15, 0.2) is 34.9 Å². The molecule has 0 unspecified atom stereocenters. The van der Waals surface area contributed by atoms with Crippen molar-refractivity contribution in [2.75, 3.05) is 0 Å². The van der Waals surface area contributed by atoms with Crippen LogP contribution in [0.3, 0.4) is 0 Å². The Morgan fingerprint density at radius 1 is 1.58 bits per heavy atom. The third-order valence-electron chi connectivity index (χ3n) is 1.84. The average Bonchev–Trinajstić information content (AvgIpc) is 2.26. The normalized spacial score (nSPS) is 17.3. The summed E-state index contributed by atoms with van der Waals surface area (Å²) in [5, 5.41) is 8.40. The SMILES string of the molecule is CC1=CC(/C=C/C(=O)O)=C(C)C1. The van der Waals surface area contributed by atoms with Crippen molar-refractivity contribution >= 4 is 5.97 Å². The van der Waals surface area contributed by atoms with E-state index in [2.05, 4.69) is 0 Å². The zero-order chi connectivity index (χ0) is 9.14. The van der Waals surface area contributed by atoms with Gasteiger partial charge in [0.05, 0.1) is 0 Å². The van der Waals surface area contributed by atoms with E-state index in [0.717, 1.165) is 12.0 Å². The van der Waals surface area contributed by atoms with Crippen molar-refractivity contribution in [2.24, 2.45) is 0 Å². The Morgan fingerprint density at radius 2 is 2.25 bits per heavy atom. The number of carboxylic acids is 1. The van der Waals surface area contributed by atoms with E-state index in [-0.39, 0.29) is 0 Å². The number of carboxylic acid groups (broad SMARTS) is 1. The van der Waals surface area contributed by atoms with Crippen LogP contribution < -0.4 is 0 Å². The first-order valence-electron chi connectivity index (χ1n) is 3.87. The highest BCUT2D eigenvalue weighted by atomic mass is 16.4. The summed E-state index contributed by atoms with van der Waals surface area (Å²) in [5.74, 6) is -0.895. The molecule has 0 fully saturated rings. The Hall–Kier alpha value is -1.31. The van der Waals surface area contributed by atoms with Crippen LogP contribution in [0, 0.1) is 0 Å². The van der Waals surface area contributed by atoms with Gasteiger partial charge in [0, 0.05) is 6.08 Å². The van der Waals surface area contributed by atoms with Crippen LogP contribution >= 0.6 is 0 Å². The fourth-order valence-electron chi connectivity index (χ4n) is 1.31. The van der Waals surface area contributed by atoms with Crippen LogP contribution in [0.5, 0.6) is 0 Å². The van der Waals surface area contributed by atoms with Crippen molar-refractivity contribution in [3.63, 3.8) is 0 Å². The summed E-state index contributed by atoms with van der Waals surface area (Å²) < 4.78 is 0. The molecule has 0 aromatic rings. The van der Waals surface area contributed by atoms with Gasteiger partial charge in [0.2, 0.25) is 0 Å². The Balaban J connectivity index is 2.76. The number of carbonyl (C=O) groups is 1. The first-order chi connectivity index (χ1) is 5.59. The summed E-state index contributed by atoms with van der Waals surface area (Å²) in [6.07, 6.45) is 5.82. The Labute approximate surface area is 71.9 Å². The topological polar surface area (TPSA) is 37.3 Å². The lowest BCUT2D eigenvalue weighted by Gasteiger charge is -1.92. The second-order valence-corrected chi connectivity index (χ2v) is 3.07. The summed E-state index contributed by atoms with van der Waals surface area (Å²) in [7, 11) is 0. The van der Waals surface area contributed by atoms with E-state index in [1.165, 1.54) is 17.2 Å². The fraction of sp³-hybridized carbons (Fsp3) is 0.300. The van der Waals surface area contributed by atoms with Crippen LogP contribution in [-0.2, 0) is 4.79 Å². The van der Waals surface area contributed by atoms with Crippen LogP contribution in [0.2, 0.25) is 0 Å². The lowest BCUT2D eigenvalue weighted by Crippen LogP contribution is -1.86. The van der Waals surface area contributed by atoms with Gasteiger partial charge in [-0.2, -0.15) is 0 Å². The predicted octanol–water partition coefficient (Wildman–Crippen LogP) is 2.29. The van der Waals surface area contributed by atoms with E-state index in [1.807, 2.05) is 19.9 Å². The average molecular weight is 164 g/mol. The van der Waals surface area contributed by atoms with Crippen molar-refractivity contribution in [2.45, 2.75) is 20.3 Å². The van der Waals surface area contributed by atoms with Gasteiger partial charge in [0.1, 0.15) is 0 Å². The highest BCUT2D eigenvalue weighted by Crippen LogP contribution is 2.24. The summed E-state index contributed by atoms with van der Waals surface area (Å²) in [4.78, 5) is 10.2. The molecule has 0 aromatic carbocycles. The van der Waals surface area contributed by atoms with E-state index < -0.39 is 5.97 Å². The molecule has 1 aliphatic rings. The molecular weight excluding hydrogens is 152 g/mol. The van der Waals surface area contributed by atoms with Crippen molar-refractivity contribution in [3.05, 3.63) is 34.9 Å². The molecule has 0 bridgehead atoms. The van der Waals surface area contributed by atoms with Gasteiger partial charge in [0.15, 0.2) is 0 Å². The first-order valence-corrected chi connectivity index (χ1v) is 3.87. The highest BCUT2D eigenvalue weighted by Gasteiger charge is 2.06. The molecule has 0 saturated heterocycles. The molecule has 0 radical (unpaired) electrons. The van der Waals surface area contributed by atoms with Gasteiger partial charge in [-0.05, 0) is 31.9 Å². The standard InChI is InChI=1S/C10H12O2/c1-7-5-8(2)9(6-7)3-4-10(11)12/h3-4,6H,5H2,1-2H3,(H,11,12)/b4-3+. The van der Waals surface area contributed by atoms with Crippen LogP contribution in [0.25, 0.3) is 0 Å². The highest BCUT2D eigenvalue weighted by molar-refractivity contribution is 5.80. The van der Waals surface area contributed by atoms with Crippen molar-refractivity contribution in [1.29, 1.82) is 0 Å². The number of hydrogen-bond donors (Lipinski definition) is 1. The van der Waals surface area contributed by atoms with Gasteiger partial charge in [-0.1, -0.05) is 17.2 Å². The van der Waals surface area contributed by atoms with Crippen LogP contribution in [0.1, 0.15) is 20.3 Å². The van der Waals surface area contributed by atoms with E-state index in [0.29, 0.717) is 0 Å². The molecule has 0 spiro atoms. The quantitative estimate of drug-likeness (QED) is 0.636. The molecule has 0 heterocycles. The Bertz CT molecular complexity index is 293. The number of rotatable bonds is 2. The lowest BCUT2D eigenvalue weighted by molar-refractivity contribution is -0.131. The molecule has 2 nitrogen and oxygen atoms in total. The van der Waals surface area contributed by atoms with Crippen LogP contribution in [0.4, 0.5) is 0 Å². The predicted molar refractivity (Wildman–Crippen MR) is 47.8 cm³/mol. The third kappa shape index (κ3) is 2.09. The molecule has 0 aromatic heterocycles. The van der Waals surface area contributed by atoms with E-state index in [4.69, 9.17) is 5.11 Å². The van der Waals surface area contributed by atoms with E-state index in [1.54, 1.807) is 6.08 Å². The molecule has 64 valence electrons. The molecule has 1 aliphatic carbocycles. The van der Waals surface area contributed by atoms with Gasteiger partial charge in [-0.25, -0.2) is 4.79 Å². The Morgan fingerprint density at radius 3 is 2.67 bits per heavy atom. The second-order valence-electron chi connectivity index (χ2n) is 3.07. The molecule has 0 aliphatic heterocycles. The number of aliphatic carboxylic acids is 1. The Kier molecular flexibility index (Phi) is 2.48. The van der Waals surface area contributed by atoms with Gasteiger partial charge < -0.3 is 5.11 Å². The van der Waals surface area contributed by atoms with Crippen LogP contribution in [-0.4, -0.2) is 11.1 Å². The van der Waals surface area contributed by atoms with Gasteiger partial charge >= 0.3 is 5.97 Å². The number of hydrogen-bond acceptors (Lipinski definition) is 1. The van der Waals surface area contributed by atoms with Crippen molar-refractivity contribution in [3.8, 4) is 0 Å². The largest absolute Gasteiger partial charge is 0.478 e. The smallest absolute Gasteiger partial charge is 0.328 e. The second kappa shape index (κ2) is 3.39. The summed E-state index contributed by atoms with van der Waals surface area (Å²) in [5.41, 5.74) is 3.57. The minimum Gasteiger partial charge on any atom is -0.478 e. The zero-order valence-electron chi connectivity index (χ0n) is 7.29. The summed E-state index contributed by atoms with van der Waals surface area (Å²) in [6.45, 7) is 4.07. The monoisotopic (exact) mass is 164 g/mol. The minimum absolute atomic E-state index is 0.895. The fourth-order valence-corrected chi connectivity index (χ4v) is 1.31. The maximum atomic E-state index is 10.2. The molecule has 0 saturated carbocycles. The lowest BCUT2D eigenvalue weighted by atomic mass is 10.1. The zero-order valence-corrected chi connectivity index (χ0v) is 7.29. The molecule has 0 amide bonds. The summed E-state index contributed by atoms with van der Waals surface area (Å²) in [6, 6.07) is 0. The van der Waals surface area contributed by atoms with E-state index >= 15 is 0 Å². The third-order valence-corrected chi connectivity index (χ3v) is 1.84. The minimum atomic E-state index is -0.895. The maximum Gasteiger partial charge on any atom is 0.328 e. The molecule has 1 N–H and O–H groups in total. The van der Waals surface area contributed by atoms with Gasteiger partial charge in [-0.15, -0.1) is 0 Å². The molecule has 12 heavy (non-hydrogen) atoms. The first kappa shape index (κ1) is 8.78. The van der Waals surface area contributed by atoms with E-state index in [9.17, 15) is 4.79 Å². The molecular formula is C10H12O2. The van der Waals surface area contributed by atoms with Gasteiger partial charge in [-0.3, -0.25) is 0 Å². The molecule has 0 atom stereocenters. The molecule has 1 rings (SSSR count). The summed E-state index contributed by atoms with van der Waals surface area (Å²) >= 11 is 0. The van der Waals surface area contributed by atoms with Crippen molar-refractivity contribution in [1.82, 2.24) is 0 Å². The number of allylic oxidation sites excluding steroid dienone is 5. The van der Waals surface area contributed by atoms with Crippen molar-refractivity contribution < 1.29 is 9.90 Å².